The van der Waals surface area contributed by atoms with Crippen LogP contribution in [0.4, 0.5) is 0 Å². The number of hydrogen-bond donors (Lipinski definition) is 2. The SMILES string of the molecule is CNCCc1ccc(S(=O)(=O)NCc2ncc(C)o2)cc1. The average Bonchev–Trinajstić information content (AvgIpc) is 2.89. The lowest BCUT2D eigenvalue weighted by Gasteiger charge is -2.06. The van der Waals surface area contributed by atoms with E-state index in [-0.39, 0.29) is 11.4 Å². The molecule has 0 aliphatic rings. The fraction of sp³-hybridized carbons (Fsp3) is 0.357. The van der Waals surface area contributed by atoms with Gasteiger partial charge in [0, 0.05) is 0 Å². The minimum atomic E-state index is -3.55. The first-order chi connectivity index (χ1) is 10.0. The van der Waals surface area contributed by atoms with Gasteiger partial charge in [-0.25, -0.2) is 18.1 Å². The molecular weight excluding hydrogens is 290 g/mol. The number of hydrogen-bond acceptors (Lipinski definition) is 5. The van der Waals surface area contributed by atoms with Gasteiger partial charge in [0.05, 0.1) is 17.6 Å². The molecule has 0 aliphatic carbocycles. The van der Waals surface area contributed by atoms with Crippen molar-refractivity contribution >= 4 is 10.0 Å². The molecule has 2 N–H and O–H groups in total. The first-order valence-electron chi connectivity index (χ1n) is 6.66. The fourth-order valence-corrected chi connectivity index (χ4v) is 2.80. The van der Waals surface area contributed by atoms with Crippen LogP contribution in [0.15, 0.2) is 39.8 Å². The van der Waals surface area contributed by atoms with E-state index in [2.05, 4.69) is 15.0 Å². The molecule has 114 valence electrons. The van der Waals surface area contributed by atoms with Crippen LogP contribution in [-0.2, 0) is 23.0 Å². The molecule has 7 heteroatoms. The van der Waals surface area contributed by atoms with Crippen molar-refractivity contribution in [2.24, 2.45) is 0 Å². The van der Waals surface area contributed by atoms with Crippen molar-refractivity contribution in [1.29, 1.82) is 0 Å². The van der Waals surface area contributed by atoms with Crippen molar-refractivity contribution in [1.82, 2.24) is 15.0 Å². The van der Waals surface area contributed by atoms with E-state index in [9.17, 15) is 8.42 Å². The van der Waals surface area contributed by atoms with Gasteiger partial charge in [-0.05, 0) is 44.6 Å². The van der Waals surface area contributed by atoms with Crippen molar-refractivity contribution in [2.75, 3.05) is 13.6 Å². The summed E-state index contributed by atoms with van der Waals surface area (Å²) < 4.78 is 32.0. The lowest BCUT2D eigenvalue weighted by atomic mass is 10.1. The third kappa shape index (κ3) is 4.38. The van der Waals surface area contributed by atoms with E-state index in [0.29, 0.717) is 11.7 Å². The summed E-state index contributed by atoms with van der Waals surface area (Å²) in [6.45, 7) is 2.65. The summed E-state index contributed by atoms with van der Waals surface area (Å²) in [5, 5.41) is 3.05. The van der Waals surface area contributed by atoms with E-state index < -0.39 is 10.0 Å². The molecule has 21 heavy (non-hydrogen) atoms. The van der Waals surface area contributed by atoms with E-state index in [1.54, 1.807) is 25.3 Å². The molecule has 0 saturated heterocycles. The monoisotopic (exact) mass is 309 g/mol. The van der Waals surface area contributed by atoms with Gasteiger partial charge in [-0.3, -0.25) is 0 Å². The van der Waals surface area contributed by atoms with Gasteiger partial charge >= 0.3 is 0 Å². The standard InChI is InChI=1S/C14H19N3O3S/c1-11-9-16-14(20-11)10-17-21(18,19)13-5-3-12(4-6-13)7-8-15-2/h3-6,9,15,17H,7-8,10H2,1-2H3. The van der Waals surface area contributed by atoms with Crippen molar-refractivity contribution in [3.8, 4) is 0 Å². The Labute approximate surface area is 124 Å². The second-order valence-corrected chi connectivity index (χ2v) is 6.45. The molecule has 2 aromatic rings. The predicted octanol–water partition coefficient (Wildman–Crippen LogP) is 1.22. The number of likely N-dealkylation sites (N-methyl/N-ethyl adjacent to an activating group) is 1. The van der Waals surface area contributed by atoms with E-state index in [1.807, 2.05) is 19.2 Å². The third-order valence-electron chi connectivity index (χ3n) is 2.98. The highest BCUT2D eigenvalue weighted by Crippen LogP contribution is 2.12. The molecule has 0 amide bonds. The highest BCUT2D eigenvalue weighted by atomic mass is 32.2. The molecule has 2 rings (SSSR count). The van der Waals surface area contributed by atoms with E-state index in [0.717, 1.165) is 18.5 Å². The van der Waals surface area contributed by atoms with Crippen molar-refractivity contribution in [3.05, 3.63) is 47.7 Å². The molecule has 0 fully saturated rings. The molecule has 0 aliphatic heterocycles. The maximum absolute atomic E-state index is 12.1. The summed E-state index contributed by atoms with van der Waals surface area (Å²) in [7, 11) is -1.67. The van der Waals surface area contributed by atoms with Gasteiger partial charge in [-0.2, -0.15) is 0 Å². The van der Waals surface area contributed by atoms with Crippen LogP contribution in [0.5, 0.6) is 0 Å². The number of aryl methyl sites for hydroxylation is 1. The van der Waals surface area contributed by atoms with Crippen molar-refractivity contribution in [3.63, 3.8) is 0 Å². The molecule has 0 radical (unpaired) electrons. The maximum atomic E-state index is 12.1. The van der Waals surface area contributed by atoms with E-state index in [1.165, 1.54) is 0 Å². The Hall–Kier alpha value is -1.70. The summed E-state index contributed by atoms with van der Waals surface area (Å²) in [6, 6.07) is 6.85. The van der Waals surface area contributed by atoms with Crippen LogP contribution >= 0.6 is 0 Å². The molecule has 0 bridgehead atoms. The van der Waals surface area contributed by atoms with Gasteiger partial charge in [0.2, 0.25) is 15.9 Å². The first-order valence-corrected chi connectivity index (χ1v) is 8.14. The quantitative estimate of drug-likeness (QED) is 0.803. The number of nitrogens with one attached hydrogen (secondary N) is 2. The Morgan fingerprint density at radius 1 is 1.24 bits per heavy atom. The minimum Gasteiger partial charge on any atom is -0.445 e. The number of aromatic nitrogens is 1. The van der Waals surface area contributed by atoms with Crippen LogP contribution in [0.2, 0.25) is 0 Å². The summed E-state index contributed by atoms with van der Waals surface area (Å²) in [4.78, 5) is 4.19. The van der Waals surface area contributed by atoms with Gasteiger partial charge in [0.1, 0.15) is 5.76 Å². The van der Waals surface area contributed by atoms with Gasteiger partial charge in [-0.15, -0.1) is 0 Å². The van der Waals surface area contributed by atoms with Crippen LogP contribution in [0.3, 0.4) is 0 Å². The largest absolute Gasteiger partial charge is 0.445 e. The fourth-order valence-electron chi connectivity index (χ4n) is 1.83. The molecule has 0 unspecified atom stereocenters. The summed E-state index contributed by atoms with van der Waals surface area (Å²) in [5.41, 5.74) is 1.09. The van der Waals surface area contributed by atoms with Crippen molar-refractivity contribution in [2.45, 2.75) is 24.8 Å². The third-order valence-corrected chi connectivity index (χ3v) is 4.40. The second kappa shape index (κ2) is 6.84. The maximum Gasteiger partial charge on any atom is 0.241 e. The number of benzene rings is 1. The van der Waals surface area contributed by atoms with Crippen LogP contribution in [0, 0.1) is 6.92 Å². The Kier molecular flexibility index (Phi) is 5.11. The zero-order valence-corrected chi connectivity index (χ0v) is 12.9. The van der Waals surface area contributed by atoms with E-state index in [4.69, 9.17) is 4.42 Å². The molecule has 0 atom stereocenters. The number of nitrogens with zero attached hydrogens (tertiary/aromatic N) is 1. The lowest BCUT2D eigenvalue weighted by Crippen LogP contribution is -2.23. The Morgan fingerprint density at radius 3 is 2.52 bits per heavy atom. The molecule has 1 aromatic carbocycles. The Morgan fingerprint density at radius 2 is 1.95 bits per heavy atom. The van der Waals surface area contributed by atoms with Crippen LogP contribution < -0.4 is 10.0 Å². The number of oxazole rings is 1. The Bertz CT molecular complexity index is 678. The van der Waals surface area contributed by atoms with Gasteiger partial charge in [0.25, 0.3) is 0 Å². The summed E-state index contributed by atoms with van der Waals surface area (Å²) in [5.74, 6) is 1.000. The molecule has 0 saturated carbocycles. The molecule has 1 heterocycles. The van der Waals surface area contributed by atoms with Gasteiger partial charge < -0.3 is 9.73 Å². The summed E-state index contributed by atoms with van der Waals surface area (Å²) >= 11 is 0. The second-order valence-electron chi connectivity index (χ2n) is 4.69. The highest BCUT2D eigenvalue weighted by Gasteiger charge is 2.14. The molecular formula is C14H19N3O3S. The highest BCUT2D eigenvalue weighted by molar-refractivity contribution is 7.89. The van der Waals surface area contributed by atoms with Crippen LogP contribution in [-0.4, -0.2) is 27.0 Å². The number of sulfonamides is 1. The van der Waals surface area contributed by atoms with Gasteiger partial charge in [-0.1, -0.05) is 12.1 Å². The van der Waals surface area contributed by atoms with Gasteiger partial charge in [0.15, 0.2) is 0 Å². The van der Waals surface area contributed by atoms with Crippen LogP contribution in [0.25, 0.3) is 0 Å². The first kappa shape index (κ1) is 15.7. The average molecular weight is 309 g/mol. The number of rotatable bonds is 7. The Balaban J connectivity index is 2.01. The van der Waals surface area contributed by atoms with E-state index >= 15 is 0 Å². The molecule has 1 aromatic heterocycles. The summed E-state index contributed by atoms with van der Waals surface area (Å²) in [6.07, 6.45) is 2.42. The normalized spacial score (nSPS) is 11.7. The zero-order chi connectivity index (χ0) is 15.3. The van der Waals surface area contributed by atoms with Crippen LogP contribution in [0.1, 0.15) is 17.2 Å². The molecule has 0 spiro atoms. The lowest BCUT2D eigenvalue weighted by molar-refractivity contribution is 0.463. The zero-order valence-electron chi connectivity index (χ0n) is 12.1. The predicted molar refractivity (Wildman–Crippen MR) is 79.3 cm³/mol. The molecule has 6 nitrogen and oxygen atoms in total. The topological polar surface area (TPSA) is 84.2 Å². The minimum absolute atomic E-state index is 0.0394. The smallest absolute Gasteiger partial charge is 0.241 e. The van der Waals surface area contributed by atoms with Crippen molar-refractivity contribution < 1.29 is 12.8 Å².